The number of benzene rings is 1. The summed E-state index contributed by atoms with van der Waals surface area (Å²) in [4.78, 5) is 22.6. The summed E-state index contributed by atoms with van der Waals surface area (Å²) in [5.41, 5.74) is 1.24. The van der Waals surface area contributed by atoms with Gasteiger partial charge in [0.2, 0.25) is 0 Å². The number of aromatic nitrogens is 2. The van der Waals surface area contributed by atoms with E-state index in [1.807, 2.05) is 13.0 Å². The number of anilines is 1. The monoisotopic (exact) mass is 355 g/mol. The minimum atomic E-state index is -0.456. The molecule has 3 rings (SSSR count). The standard InChI is InChI=1S/C17H17N5O4/c1-11-6-7-16(26-11)13-10-14(21-20-13)17(23)19-9-8-18-12-4-2-3-5-15(12)22(24)25/h2-7,10,18H,8-9H2,1H3,(H,19,23)(H,20,21). The van der Waals surface area contributed by atoms with Crippen molar-refractivity contribution in [2.24, 2.45) is 0 Å². The smallest absolute Gasteiger partial charge is 0.292 e. The Hall–Kier alpha value is -3.62. The number of H-pyrrole nitrogens is 1. The molecule has 0 aliphatic rings. The van der Waals surface area contributed by atoms with Crippen LogP contribution in [0.5, 0.6) is 0 Å². The van der Waals surface area contributed by atoms with E-state index >= 15 is 0 Å². The van der Waals surface area contributed by atoms with Crippen LogP contribution in [0.4, 0.5) is 11.4 Å². The number of rotatable bonds is 7. The van der Waals surface area contributed by atoms with Crippen LogP contribution in [-0.4, -0.2) is 34.1 Å². The van der Waals surface area contributed by atoms with E-state index in [1.54, 1.807) is 30.3 Å². The normalized spacial score (nSPS) is 10.5. The summed E-state index contributed by atoms with van der Waals surface area (Å²) in [6, 6.07) is 11.6. The van der Waals surface area contributed by atoms with Crippen LogP contribution < -0.4 is 10.6 Å². The van der Waals surface area contributed by atoms with Crippen molar-refractivity contribution in [1.82, 2.24) is 15.5 Å². The fourth-order valence-corrected chi connectivity index (χ4v) is 2.39. The first kappa shape index (κ1) is 17.2. The molecule has 0 saturated heterocycles. The molecule has 0 fully saturated rings. The number of carbonyl (C=O) groups excluding carboxylic acids is 1. The van der Waals surface area contributed by atoms with E-state index in [-0.39, 0.29) is 23.8 Å². The van der Waals surface area contributed by atoms with Gasteiger partial charge in [0.25, 0.3) is 11.6 Å². The number of nitrogens with one attached hydrogen (secondary N) is 3. The predicted octanol–water partition coefficient (Wildman–Crippen LogP) is 2.73. The van der Waals surface area contributed by atoms with Crippen molar-refractivity contribution in [2.75, 3.05) is 18.4 Å². The highest BCUT2D eigenvalue weighted by Gasteiger charge is 2.14. The van der Waals surface area contributed by atoms with Gasteiger partial charge in [0.05, 0.1) is 4.92 Å². The number of amides is 1. The topological polar surface area (TPSA) is 126 Å². The number of carbonyl (C=O) groups is 1. The molecule has 0 saturated carbocycles. The second kappa shape index (κ2) is 7.51. The highest BCUT2D eigenvalue weighted by Crippen LogP contribution is 2.22. The lowest BCUT2D eigenvalue weighted by molar-refractivity contribution is -0.384. The van der Waals surface area contributed by atoms with Crippen molar-refractivity contribution in [1.29, 1.82) is 0 Å². The largest absolute Gasteiger partial charge is 0.460 e. The quantitative estimate of drug-likeness (QED) is 0.340. The van der Waals surface area contributed by atoms with Crippen LogP contribution in [0.15, 0.2) is 46.9 Å². The Morgan fingerprint density at radius 2 is 2.08 bits per heavy atom. The molecule has 0 radical (unpaired) electrons. The van der Waals surface area contributed by atoms with Crippen LogP contribution in [0.1, 0.15) is 16.2 Å². The minimum absolute atomic E-state index is 0.00971. The summed E-state index contributed by atoms with van der Waals surface area (Å²) in [5, 5.41) is 23.3. The molecule has 2 heterocycles. The second-order valence-corrected chi connectivity index (χ2v) is 5.53. The van der Waals surface area contributed by atoms with Gasteiger partial charge in [-0.1, -0.05) is 12.1 Å². The number of hydrogen-bond donors (Lipinski definition) is 3. The maximum Gasteiger partial charge on any atom is 0.292 e. The number of para-hydroxylation sites is 2. The average molecular weight is 355 g/mol. The van der Waals surface area contributed by atoms with Crippen molar-refractivity contribution in [3.05, 3.63) is 64.0 Å². The third-order valence-corrected chi connectivity index (χ3v) is 3.64. The molecule has 0 unspecified atom stereocenters. The van der Waals surface area contributed by atoms with Gasteiger partial charge >= 0.3 is 0 Å². The fraction of sp³-hybridized carbons (Fsp3) is 0.176. The summed E-state index contributed by atoms with van der Waals surface area (Å²) in [6.07, 6.45) is 0. The Morgan fingerprint density at radius 3 is 2.81 bits per heavy atom. The van der Waals surface area contributed by atoms with Crippen LogP contribution >= 0.6 is 0 Å². The van der Waals surface area contributed by atoms with E-state index in [2.05, 4.69) is 20.8 Å². The molecule has 0 atom stereocenters. The van der Waals surface area contributed by atoms with Gasteiger partial charge in [-0.2, -0.15) is 5.10 Å². The van der Waals surface area contributed by atoms with E-state index < -0.39 is 4.92 Å². The number of nitro groups is 1. The molecule has 1 amide bonds. The Morgan fingerprint density at radius 1 is 1.27 bits per heavy atom. The number of nitrogens with zero attached hydrogens (tertiary/aromatic N) is 2. The Balaban J connectivity index is 1.52. The number of furan rings is 1. The molecule has 3 aromatic rings. The van der Waals surface area contributed by atoms with Crippen molar-refractivity contribution >= 4 is 17.3 Å². The molecule has 0 spiro atoms. The van der Waals surface area contributed by atoms with E-state index in [0.717, 1.165) is 5.76 Å². The zero-order valence-corrected chi connectivity index (χ0v) is 14.0. The van der Waals surface area contributed by atoms with E-state index in [9.17, 15) is 14.9 Å². The first-order valence-corrected chi connectivity index (χ1v) is 7.92. The van der Waals surface area contributed by atoms with E-state index in [4.69, 9.17) is 4.42 Å². The summed E-state index contributed by atoms with van der Waals surface area (Å²) in [5.74, 6) is 1.02. The van der Waals surface area contributed by atoms with Gasteiger partial charge < -0.3 is 15.1 Å². The maximum atomic E-state index is 12.1. The molecule has 134 valence electrons. The van der Waals surface area contributed by atoms with Crippen molar-refractivity contribution < 1.29 is 14.1 Å². The highest BCUT2D eigenvalue weighted by molar-refractivity contribution is 5.93. The number of aryl methyl sites for hydroxylation is 1. The first-order chi connectivity index (χ1) is 12.5. The first-order valence-electron chi connectivity index (χ1n) is 7.92. The summed E-state index contributed by atoms with van der Waals surface area (Å²) >= 11 is 0. The lowest BCUT2D eigenvalue weighted by Gasteiger charge is -2.07. The van der Waals surface area contributed by atoms with Crippen molar-refractivity contribution in [3.63, 3.8) is 0 Å². The van der Waals surface area contributed by atoms with Gasteiger partial charge in [0, 0.05) is 25.2 Å². The van der Waals surface area contributed by atoms with Crippen LogP contribution in [0.3, 0.4) is 0 Å². The van der Waals surface area contributed by atoms with E-state index in [0.29, 0.717) is 23.7 Å². The van der Waals surface area contributed by atoms with Crippen LogP contribution in [0.25, 0.3) is 11.5 Å². The lowest BCUT2D eigenvalue weighted by Crippen LogP contribution is -2.29. The van der Waals surface area contributed by atoms with Crippen LogP contribution in [0, 0.1) is 17.0 Å². The average Bonchev–Trinajstić information content (AvgIpc) is 3.27. The fourth-order valence-electron chi connectivity index (χ4n) is 2.39. The van der Waals surface area contributed by atoms with Crippen molar-refractivity contribution in [3.8, 4) is 11.5 Å². The lowest BCUT2D eigenvalue weighted by atomic mass is 10.2. The minimum Gasteiger partial charge on any atom is -0.460 e. The third-order valence-electron chi connectivity index (χ3n) is 3.64. The van der Waals surface area contributed by atoms with Gasteiger partial charge in [0.1, 0.15) is 17.1 Å². The molecule has 0 bridgehead atoms. The maximum absolute atomic E-state index is 12.1. The number of aromatic amines is 1. The third kappa shape index (κ3) is 3.89. The SMILES string of the molecule is Cc1ccc(-c2cc(C(=O)NCCNc3ccccc3[N+](=O)[O-])n[nH]2)o1. The van der Waals surface area contributed by atoms with Gasteiger partial charge in [0.15, 0.2) is 11.5 Å². The molecule has 3 N–H and O–H groups in total. The van der Waals surface area contributed by atoms with Crippen molar-refractivity contribution in [2.45, 2.75) is 6.92 Å². The summed E-state index contributed by atoms with van der Waals surface area (Å²) in [6.45, 7) is 2.45. The molecule has 1 aromatic carbocycles. The molecule has 0 aliphatic carbocycles. The molecule has 2 aromatic heterocycles. The Kier molecular flexibility index (Phi) is 4.97. The molecule has 9 nitrogen and oxygen atoms in total. The van der Waals surface area contributed by atoms with E-state index in [1.165, 1.54) is 6.07 Å². The molecular formula is C17H17N5O4. The Bertz CT molecular complexity index is 931. The second-order valence-electron chi connectivity index (χ2n) is 5.53. The number of hydrogen-bond acceptors (Lipinski definition) is 6. The number of nitro benzene ring substituents is 1. The predicted molar refractivity (Wildman–Crippen MR) is 94.9 cm³/mol. The van der Waals surface area contributed by atoms with Crippen LogP contribution in [-0.2, 0) is 0 Å². The van der Waals surface area contributed by atoms with Gasteiger partial charge in [-0.25, -0.2) is 0 Å². The zero-order chi connectivity index (χ0) is 18.5. The van der Waals surface area contributed by atoms with Gasteiger partial charge in [-0.05, 0) is 25.1 Å². The zero-order valence-electron chi connectivity index (χ0n) is 14.0. The highest BCUT2D eigenvalue weighted by atomic mass is 16.6. The summed E-state index contributed by atoms with van der Waals surface area (Å²) in [7, 11) is 0. The molecule has 26 heavy (non-hydrogen) atoms. The molecule has 9 heteroatoms. The Labute approximate surface area is 148 Å². The van der Waals surface area contributed by atoms with Crippen LogP contribution in [0.2, 0.25) is 0 Å². The molecule has 0 aliphatic heterocycles. The summed E-state index contributed by atoms with van der Waals surface area (Å²) < 4.78 is 5.47. The van der Waals surface area contributed by atoms with Gasteiger partial charge in [-0.15, -0.1) is 0 Å². The van der Waals surface area contributed by atoms with Gasteiger partial charge in [-0.3, -0.25) is 20.0 Å². The molecular weight excluding hydrogens is 338 g/mol.